The average molecular weight is 384 g/mol. The minimum atomic E-state index is -0.160. The molecular formula is C22H29FN4O. The number of piperidine rings is 3. The molecule has 28 heavy (non-hydrogen) atoms. The van der Waals surface area contributed by atoms with Gasteiger partial charge >= 0.3 is 0 Å². The number of halogens is 1. The maximum atomic E-state index is 13.5. The van der Waals surface area contributed by atoms with Gasteiger partial charge in [0.25, 0.3) is 0 Å². The van der Waals surface area contributed by atoms with Gasteiger partial charge in [-0.3, -0.25) is 14.5 Å². The van der Waals surface area contributed by atoms with Gasteiger partial charge in [-0.2, -0.15) is 5.10 Å². The van der Waals surface area contributed by atoms with E-state index in [1.54, 1.807) is 12.1 Å². The molecule has 0 unspecified atom stereocenters. The van der Waals surface area contributed by atoms with Crippen LogP contribution < -0.4 is 0 Å². The Kier molecular flexibility index (Phi) is 4.73. The number of aliphatic hydroxyl groups is 1. The summed E-state index contributed by atoms with van der Waals surface area (Å²) in [7, 11) is 0. The van der Waals surface area contributed by atoms with Gasteiger partial charge < -0.3 is 5.11 Å². The Morgan fingerprint density at radius 1 is 1.14 bits per heavy atom. The monoisotopic (exact) mass is 384 g/mol. The van der Waals surface area contributed by atoms with Crippen LogP contribution in [-0.2, 0) is 13.1 Å². The lowest BCUT2D eigenvalue weighted by atomic mass is 9.75. The SMILES string of the molecule is Cc1nn(CCO)cc1CN1C[C@H](c2ccc(F)cc2)[C@H]2[C@@H]1C1CCN2CC1. The molecule has 0 aliphatic carbocycles. The normalized spacial score (nSPS) is 32.0. The van der Waals surface area contributed by atoms with Crippen LogP contribution >= 0.6 is 0 Å². The summed E-state index contributed by atoms with van der Waals surface area (Å²) in [6.07, 6.45) is 4.67. The van der Waals surface area contributed by atoms with Gasteiger partial charge in [0.15, 0.2) is 0 Å². The third-order valence-electron chi connectivity index (χ3n) is 7.14. The summed E-state index contributed by atoms with van der Waals surface area (Å²) in [6, 6.07) is 8.27. The molecule has 6 heteroatoms. The van der Waals surface area contributed by atoms with E-state index in [0.717, 1.165) is 24.7 Å². The van der Waals surface area contributed by atoms with Crippen LogP contribution in [0.4, 0.5) is 4.39 Å². The number of nitrogens with zero attached hydrogens (tertiary/aromatic N) is 4. The van der Waals surface area contributed by atoms with Crippen molar-refractivity contribution in [3.63, 3.8) is 0 Å². The second-order valence-corrected chi connectivity index (χ2v) is 8.67. The number of rotatable bonds is 5. The van der Waals surface area contributed by atoms with Gasteiger partial charge in [-0.05, 0) is 56.5 Å². The van der Waals surface area contributed by atoms with Crippen molar-refractivity contribution in [2.24, 2.45) is 5.92 Å². The predicted molar refractivity (Wildman–Crippen MR) is 105 cm³/mol. The molecule has 0 amide bonds. The number of benzene rings is 1. The smallest absolute Gasteiger partial charge is 0.123 e. The molecule has 2 bridgehead atoms. The molecule has 4 saturated heterocycles. The van der Waals surface area contributed by atoms with Crippen LogP contribution in [0.1, 0.15) is 35.6 Å². The Bertz CT molecular complexity index is 828. The van der Waals surface area contributed by atoms with Crippen LogP contribution in [0.25, 0.3) is 0 Å². The molecule has 4 fully saturated rings. The van der Waals surface area contributed by atoms with E-state index in [1.165, 1.54) is 37.1 Å². The number of aryl methyl sites for hydroxylation is 1. The molecule has 2 aromatic rings. The first-order chi connectivity index (χ1) is 13.6. The van der Waals surface area contributed by atoms with Gasteiger partial charge in [-0.15, -0.1) is 0 Å². The molecule has 4 aliphatic heterocycles. The van der Waals surface area contributed by atoms with Crippen molar-refractivity contribution >= 4 is 0 Å². The van der Waals surface area contributed by atoms with E-state index in [0.29, 0.717) is 24.5 Å². The van der Waals surface area contributed by atoms with Gasteiger partial charge in [0.2, 0.25) is 0 Å². The minimum Gasteiger partial charge on any atom is -0.394 e. The van der Waals surface area contributed by atoms with E-state index in [9.17, 15) is 9.50 Å². The first-order valence-corrected chi connectivity index (χ1v) is 10.5. The van der Waals surface area contributed by atoms with Crippen molar-refractivity contribution in [3.8, 4) is 0 Å². The Morgan fingerprint density at radius 2 is 1.89 bits per heavy atom. The van der Waals surface area contributed by atoms with Crippen molar-refractivity contribution in [2.75, 3.05) is 26.2 Å². The van der Waals surface area contributed by atoms with Gasteiger partial charge in [0, 0.05) is 42.9 Å². The van der Waals surface area contributed by atoms with Gasteiger partial charge in [-0.25, -0.2) is 4.39 Å². The zero-order valence-electron chi connectivity index (χ0n) is 16.5. The van der Waals surface area contributed by atoms with E-state index >= 15 is 0 Å². The van der Waals surface area contributed by atoms with Crippen LogP contribution in [0.3, 0.4) is 0 Å². The number of hydrogen-bond acceptors (Lipinski definition) is 4. The topological polar surface area (TPSA) is 44.5 Å². The second kappa shape index (κ2) is 7.25. The Balaban J connectivity index is 1.44. The predicted octanol–water partition coefficient (Wildman–Crippen LogP) is 2.39. The zero-order chi connectivity index (χ0) is 19.3. The Morgan fingerprint density at radius 3 is 2.61 bits per heavy atom. The summed E-state index contributed by atoms with van der Waals surface area (Å²) in [6.45, 7) is 7.03. The molecule has 0 spiro atoms. The molecule has 5 heterocycles. The molecule has 0 radical (unpaired) electrons. The van der Waals surface area contributed by atoms with Gasteiger partial charge in [0.1, 0.15) is 5.82 Å². The first-order valence-electron chi connectivity index (χ1n) is 10.5. The zero-order valence-corrected chi connectivity index (χ0v) is 16.5. The lowest BCUT2D eigenvalue weighted by Crippen LogP contribution is -2.59. The molecule has 1 N–H and O–H groups in total. The maximum Gasteiger partial charge on any atom is 0.123 e. The van der Waals surface area contributed by atoms with Crippen molar-refractivity contribution in [3.05, 3.63) is 53.1 Å². The fourth-order valence-electron chi connectivity index (χ4n) is 5.88. The highest BCUT2D eigenvalue weighted by molar-refractivity contribution is 5.28. The second-order valence-electron chi connectivity index (χ2n) is 8.67. The molecule has 150 valence electrons. The largest absolute Gasteiger partial charge is 0.394 e. The average Bonchev–Trinajstić information content (AvgIpc) is 3.26. The molecule has 4 aliphatic rings. The lowest BCUT2D eigenvalue weighted by Gasteiger charge is -2.51. The van der Waals surface area contributed by atoms with Gasteiger partial charge in [0.05, 0.1) is 18.8 Å². The maximum absolute atomic E-state index is 13.5. The standard InChI is InChI=1S/C22H29FN4O/c1-15-18(13-27(24-15)10-11-28)12-26-14-20(16-2-4-19(23)5-3-16)22-21(26)17-6-8-25(22)9-7-17/h2-5,13,17,20-22,28H,6-12,14H2,1H3/t20-,21+,22+/m1/s1. The van der Waals surface area contributed by atoms with Crippen molar-refractivity contribution in [1.29, 1.82) is 0 Å². The van der Waals surface area contributed by atoms with E-state index in [2.05, 4.69) is 28.0 Å². The number of aromatic nitrogens is 2. The van der Waals surface area contributed by atoms with E-state index in [1.807, 2.05) is 16.8 Å². The van der Waals surface area contributed by atoms with E-state index in [-0.39, 0.29) is 12.4 Å². The summed E-state index contributed by atoms with van der Waals surface area (Å²) in [5, 5.41) is 13.8. The number of fused-ring (bicyclic) bond motifs is 2. The fraction of sp³-hybridized carbons (Fsp3) is 0.591. The molecule has 6 rings (SSSR count). The molecule has 3 atom stereocenters. The van der Waals surface area contributed by atoms with Crippen molar-refractivity contribution in [2.45, 2.75) is 50.9 Å². The number of aliphatic hydroxyl groups excluding tert-OH is 1. The van der Waals surface area contributed by atoms with Crippen LogP contribution in [0.15, 0.2) is 30.5 Å². The van der Waals surface area contributed by atoms with Crippen LogP contribution in [-0.4, -0.2) is 63.0 Å². The van der Waals surface area contributed by atoms with Crippen molar-refractivity contribution < 1.29 is 9.50 Å². The molecule has 0 saturated carbocycles. The molecule has 1 aromatic carbocycles. The fourth-order valence-corrected chi connectivity index (χ4v) is 5.88. The van der Waals surface area contributed by atoms with Crippen LogP contribution in [0, 0.1) is 18.7 Å². The minimum absolute atomic E-state index is 0.110. The van der Waals surface area contributed by atoms with E-state index < -0.39 is 0 Å². The number of hydrogen-bond donors (Lipinski definition) is 1. The Hall–Kier alpha value is -1.76. The third kappa shape index (κ3) is 3.08. The quantitative estimate of drug-likeness (QED) is 0.860. The number of likely N-dealkylation sites (tertiary alicyclic amines) is 1. The van der Waals surface area contributed by atoms with Gasteiger partial charge in [-0.1, -0.05) is 12.1 Å². The van der Waals surface area contributed by atoms with Crippen molar-refractivity contribution in [1.82, 2.24) is 19.6 Å². The highest BCUT2D eigenvalue weighted by atomic mass is 19.1. The van der Waals surface area contributed by atoms with Crippen LogP contribution in [0.5, 0.6) is 0 Å². The molecule has 5 nitrogen and oxygen atoms in total. The molecule has 1 aromatic heterocycles. The first kappa shape index (κ1) is 18.3. The lowest BCUT2D eigenvalue weighted by molar-refractivity contribution is -0.00874. The summed E-state index contributed by atoms with van der Waals surface area (Å²) in [5.74, 6) is 1.03. The highest BCUT2D eigenvalue weighted by Gasteiger charge is 2.53. The third-order valence-corrected chi connectivity index (χ3v) is 7.14. The summed E-state index contributed by atoms with van der Waals surface area (Å²) in [4.78, 5) is 5.34. The van der Waals surface area contributed by atoms with Crippen LogP contribution in [0.2, 0.25) is 0 Å². The van der Waals surface area contributed by atoms with E-state index in [4.69, 9.17) is 0 Å². The summed E-state index contributed by atoms with van der Waals surface area (Å²) >= 11 is 0. The highest BCUT2D eigenvalue weighted by Crippen LogP contribution is 2.47. The summed E-state index contributed by atoms with van der Waals surface area (Å²) in [5.41, 5.74) is 3.57. The Labute approximate surface area is 165 Å². The molecular weight excluding hydrogens is 355 g/mol. The summed E-state index contributed by atoms with van der Waals surface area (Å²) < 4.78 is 15.3.